The number of carbonyl (C=O) groups is 1. The van der Waals surface area contributed by atoms with E-state index in [-0.39, 0.29) is 24.4 Å². The highest BCUT2D eigenvalue weighted by atomic mass is 32.2. The summed E-state index contributed by atoms with van der Waals surface area (Å²) in [5.74, 6) is 0.568. The zero-order chi connectivity index (χ0) is 20.8. The highest BCUT2D eigenvalue weighted by Crippen LogP contribution is 2.23. The van der Waals surface area contributed by atoms with Crippen LogP contribution in [0.1, 0.15) is 36.9 Å². The van der Waals surface area contributed by atoms with E-state index in [9.17, 15) is 9.18 Å². The summed E-state index contributed by atoms with van der Waals surface area (Å²) in [4.78, 5) is 12.4. The first-order valence-electron chi connectivity index (χ1n) is 9.15. The minimum atomic E-state index is -0.441. The van der Waals surface area contributed by atoms with Gasteiger partial charge in [-0.1, -0.05) is 36.0 Å². The van der Waals surface area contributed by atoms with Gasteiger partial charge in [-0.15, -0.1) is 10.2 Å². The number of carbonyl (C=O) groups excluding carboxylic acids is 1. The van der Waals surface area contributed by atoms with Crippen LogP contribution in [-0.2, 0) is 11.4 Å². The second-order valence-corrected chi connectivity index (χ2v) is 7.90. The number of rotatable bonds is 8. The van der Waals surface area contributed by atoms with Crippen LogP contribution in [0.25, 0.3) is 0 Å². The molecule has 0 aliphatic heterocycles. The van der Waals surface area contributed by atoms with Crippen LogP contribution in [0.5, 0.6) is 5.75 Å². The van der Waals surface area contributed by atoms with Crippen molar-refractivity contribution in [2.45, 2.75) is 43.9 Å². The van der Waals surface area contributed by atoms with Crippen molar-refractivity contribution in [1.29, 1.82) is 0 Å². The fourth-order valence-electron chi connectivity index (χ4n) is 2.56. The van der Waals surface area contributed by atoms with Crippen LogP contribution in [0.15, 0.2) is 58.2 Å². The molecule has 0 bridgehead atoms. The number of ether oxygens (including phenoxy) is 1. The SMILES string of the molecule is Cc1cccc(OCc2nnc(SC(C)C(=O)NC(C)c3ccc(F)cc3)o2)c1. The molecule has 1 N–H and O–H groups in total. The second-order valence-electron chi connectivity index (χ2n) is 6.61. The van der Waals surface area contributed by atoms with Crippen LogP contribution in [-0.4, -0.2) is 21.4 Å². The van der Waals surface area contributed by atoms with Crippen LogP contribution in [0.3, 0.4) is 0 Å². The Labute approximate surface area is 172 Å². The number of aryl methyl sites for hydroxylation is 1. The van der Waals surface area contributed by atoms with Crippen molar-refractivity contribution in [3.63, 3.8) is 0 Å². The molecule has 6 nitrogen and oxygen atoms in total. The van der Waals surface area contributed by atoms with E-state index in [0.29, 0.717) is 11.1 Å². The molecule has 0 saturated carbocycles. The lowest BCUT2D eigenvalue weighted by atomic mass is 10.1. The van der Waals surface area contributed by atoms with Crippen molar-refractivity contribution in [3.05, 3.63) is 71.4 Å². The van der Waals surface area contributed by atoms with Crippen molar-refractivity contribution >= 4 is 17.7 Å². The van der Waals surface area contributed by atoms with Gasteiger partial charge < -0.3 is 14.5 Å². The lowest BCUT2D eigenvalue weighted by Gasteiger charge is -2.16. The molecule has 0 aliphatic carbocycles. The number of aromatic nitrogens is 2. The normalized spacial score (nSPS) is 13.0. The number of hydrogen-bond donors (Lipinski definition) is 1. The summed E-state index contributed by atoms with van der Waals surface area (Å²) in [5.41, 5.74) is 1.92. The molecule has 3 aromatic rings. The molecule has 1 heterocycles. The standard InChI is InChI=1S/C21H22FN3O3S/c1-13-5-4-6-18(11-13)27-12-19-24-25-21(28-19)29-15(3)20(26)23-14(2)16-7-9-17(22)10-8-16/h4-11,14-15H,12H2,1-3H3,(H,23,26). The Morgan fingerprint density at radius 3 is 2.69 bits per heavy atom. The Kier molecular flexibility index (Phi) is 6.87. The summed E-state index contributed by atoms with van der Waals surface area (Å²) in [7, 11) is 0. The molecule has 0 spiro atoms. The third-order valence-electron chi connectivity index (χ3n) is 4.18. The van der Waals surface area contributed by atoms with E-state index >= 15 is 0 Å². The molecule has 2 unspecified atom stereocenters. The van der Waals surface area contributed by atoms with E-state index in [1.165, 1.54) is 23.9 Å². The lowest BCUT2D eigenvalue weighted by molar-refractivity contribution is -0.120. The highest BCUT2D eigenvalue weighted by Gasteiger charge is 2.20. The minimum absolute atomic E-state index is 0.152. The van der Waals surface area contributed by atoms with E-state index in [2.05, 4.69) is 15.5 Å². The zero-order valence-electron chi connectivity index (χ0n) is 16.4. The first kappa shape index (κ1) is 20.9. The molecule has 1 amide bonds. The lowest BCUT2D eigenvalue weighted by Crippen LogP contribution is -2.33. The quantitative estimate of drug-likeness (QED) is 0.548. The Balaban J connectivity index is 1.50. The van der Waals surface area contributed by atoms with Crippen molar-refractivity contribution in [2.75, 3.05) is 0 Å². The van der Waals surface area contributed by atoms with E-state index in [1.807, 2.05) is 38.1 Å². The number of nitrogens with one attached hydrogen (secondary N) is 1. The van der Waals surface area contributed by atoms with Crippen molar-refractivity contribution in [3.8, 4) is 5.75 Å². The minimum Gasteiger partial charge on any atom is -0.484 e. The molecule has 1 aromatic heterocycles. The van der Waals surface area contributed by atoms with E-state index in [0.717, 1.165) is 16.9 Å². The second kappa shape index (κ2) is 9.56. The van der Waals surface area contributed by atoms with Crippen LogP contribution >= 0.6 is 11.8 Å². The molecule has 3 rings (SSSR count). The first-order valence-corrected chi connectivity index (χ1v) is 10.0. The molecule has 2 atom stereocenters. The van der Waals surface area contributed by atoms with Gasteiger partial charge in [-0.2, -0.15) is 0 Å². The molecule has 0 aliphatic rings. The van der Waals surface area contributed by atoms with Gasteiger partial charge in [0.05, 0.1) is 11.3 Å². The zero-order valence-corrected chi connectivity index (χ0v) is 17.2. The van der Waals surface area contributed by atoms with Crippen LogP contribution in [0, 0.1) is 12.7 Å². The van der Waals surface area contributed by atoms with Crippen LogP contribution in [0.4, 0.5) is 4.39 Å². The topological polar surface area (TPSA) is 77.2 Å². The molecule has 29 heavy (non-hydrogen) atoms. The number of halogens is 1. The molecule has 0 saturated heterocycles. The number of hydrogen-bond acceptors (Lipinski definition) is 6. The Bertz CT molecular complexity index is 962. The van der Waals surface area contributed by atoms with Gasteiger partial charge in [0.15, 0.2) is 6.61 Å². The number of thioether (sulfide) groups is 1. The fraction of sp³-hybridized carbons (Fsp3) is 0.286. The summed E-state index contributed by atoms with van der Waals surface area (Å²) in [6.07, 6.45) is 0. The van der Waals surface area contributed by atoms with E-state index < -0.39 is 5.25 Å². The first-order chi connectivity index (χ1) is 13.9. The van der Waals surface area contributed by atoms with E-state index in [1.54, 1.807) is 19.1 Å². The highest BCUT2D eigenvalue weighted by molar-refractivity contribution is 8.00. The molecule has 0 radical (unpaired) electrons. The Morgan fingerprint density at radius 2 is 1.97 bits per heavy atom. The van der Waals surface area contributed by atoms with Crippen LogP contribution in [0.2, 0.25) is 0 Å². The maximum absolute atomic E-state index is 13.0. The van der Waals surface area contributed by atoms with Gasteiger partial charge in [-0.3, -0.25) is 4.79 Å². The summed E-state index contributed by atoms with van der Waals surface area (Å²) in [5, 5.41) is 10.7. The molecule has 0 fully saturated rings. The monoisotopic (exact) mass is 415 g/mol. The summed E-state index contributed by atoms with van der Waals surface area (Å²) < 4.78 is 24.2. The number of benzene rings is 2. The largest absolute Gasteiger partial charge is 0.484 e. The summed E-state index contributed by atoms with van der Waals surface area (Å²) >= 11 is 1.17. The molecular weight excluding hydrogens is 393 g/mol. The van der Waals surface area contributed by atoms with Gasteiger partial charge in [0, 0.05) is 0 Å². The molecule has 8 heteroatoms. The maximum Gasteiger partial charge on any atom is 0.277 e. The van der Waals surface area contributed by atoms with Crippen molar-refractivity contribution < 1.29 is 18.3 Å². The molecule has 2 aromatic carbocycles. The number of nitrogens with zero attached hydrogens (tertiary/aromatic N) is 2. The Morgan fingerprint density at radius 1 is 1.21 bits per heavy atom. The van der Waals surface area contributed by atoms with Gasteiger partial charge >= 0.3 is 0 Å². The smallest absolute Gasteiger partial charge is 0.277 e. The summed E-state index contributed by atoms with van der Waals surface area (Å²) in [6.45, 7) is 5.73. The Hall–Kier alpha value is -2.87. The van der Waals surface area contributed by atoms with Crippen molar-refractivity contribution in [1.82, 2.24) is 15.5 Å². The third kappa shape index (κ3) is 6.05. The average molecular weight is 415 g/mol. The molecule has 152 valence electrons. The third-order valence-corrected chi connectivity index (χ3v) is 5.11. The maximum atomic E-state index is 13.0. The van der Waals surface area contributed by atoms with Gasteiger partial charge in [0.2, 0.25) is 5.91 Å². The van der Waals surface area contributed by atoms with Crippen LogP contribution < -0.4 is 10.1 Å². The predicted molar refractivity (Wildman–Crippen MR) is 108 cm³/mol. The molecular formula is C21H22FN3O3S. The average Bonchev–Trinajstić information content (AvgIpc) is 3.14. The van der Waals surface area contributed by atoms with Gasteiger partial charge in [0.25, 0.3) is 11.1 Å². The van der Waals surface area contributed by atoms with Gasteiger partial charge in [-0.05, 0) is 56.2 Å². The van der Waals surface area contributed by atoms with Gasteiger partial charge in [0.1, 0.15) is 11.6 Å². The number of amides is 1. The van der Waals surface area contributed by atoms with Gasteiger partial charge in [-0.25, -0.2) is 4.39 Å². The fourth-order valence-corrected chi connectivity index (χ4v) is 3.27. The summed E-state index contributed by atoms with van der Waals surface area (Å²) in [6, 6.07) is 13.5. The van der Waals surface area contributed by atoms with Crippen molar-refractivity contribution in [2.24, 2.45) is 0 Å². The van der Waals surface area contributed by atoms with E-state index in [4.69, 9.17) is 9.15 Å². The predicted octanol–water partition coefficient (Wildman–Crippen LogP) is 4.45.